The fourth-order valence-electron chi connectivity index (χ4n) is 3.29. The highest BCUT2D eigenvalue weighted by atomic mass is 16.6. The van der Waals surface area contributed by atoms with E-state index in [1.54, 1.807) is 4.57 Å². The highest BCUT2D eigenvalue weighted by Gasteiger charge is 2.18. The first-order chi connectivity index (χ1) is 17.5. The molecule has 0 aromatic carbocycles. The molecule has 13 heteroatoms. The zero-order valence-corrected chi connectivity index (χ0v) is 21.3. The van der Waals surface area contributed by atoms with Crippen LogP contribution in [0.4, 0.5) is 11.8 Å². The number of fused-ring (bicyclic) bond motifs is 1. The van der Waals surface area contributed by atoms with Gasteiger partial charge in [0.05, 0.1) is 6.33 Å². The van der Waals surface area contributed by atoms with E-state index >= 15 is 0 Å². The summed E-state index contributed by atoms with van der Waals surface area (Å²) in [4.78, 5) is 39.7. The van der Waals surface area contributed by atoms with Gasteiger partial charge in [0.15, 0.2) is 17.0 Å². The molecular weight excluding hydrogens is 468 g/mol. The molecule has 2 rings (SSSR count). The second-order valence-corrected chi connectivity index (χ2v) is 8.18. The number of imidazole rings is 1. The van der Waals surface area contributed by atoms with E-state index in [-0.39, 0.29) is 37.8 Å². The Morgan fingerprint density at radius 1 is 1.06 bits per heavy atom. The van der Waals surface area contributed by atoms with Crippen molar-refractivity contribution < 1.29 is 23.8 Å². The van der Waals surface area contributed by atoms with Crippen LogP contribution in [0.1, 0.15) is 72.1 Å². The monoisotopic (exact) mass is 504 g/mol. The first-order valence-corrected chi connectivity index (χ1v) is 12.5. The minimum Gasteiger partial charge on any atom is -0.463 e. The van der Waals surface area contributed by atoms with E-state index in [1.165, 1.54) is 6.33 Å². The molecule has 0 unspecified atom stereocenters. The smallest absolute Gasteiger partial charge is 0.305 e. The summed E-state index contributed by atoms with van der Waals surface area (Å²) in [6.45, 7) is 6.49. The number of anilines is 1. The van der Waals surface area contributed by atoms with Crippen LogP contribution < -0.4 is 5.32 Å². The third kappa shape index (κ3) is 9.67. The molecule has 0 spiro atoms. The van der Waals surface area contributed by atoms with Crippen molar-refractivity contribution in [3.05, 3.63) is 16.8 Å². The summed E-state index contributed by atoms with van der Waals surface area (Å²) in [5.41, 5.74) is 9.66. The zero-order valence-electron chi connectivity index (χ0n) is 21.3. The maximum absolute atomic E-state index is 12.1. The van der Waals surface area contributed by atoms with Crippen LogP contribution in [0.25, 0.3) is 21.6 Å². The lowest BCUT2D eigenvalue weighted by atomic mass is 10.2. The van der Waals surface area contributed by atoms with Crippen molar-refractivity contribution >= 4 is 34.9 Å². The third-order valence-corrected chi connectivity index (χ3v) is 5.21. The van der Waals surface area contributed by atoms with Gasteiger partial charge in [-0.1, -0.05) is 39.5 Å². The quantitative estimate of drug-likeness (QED) is 0.0986. The van der Waals surface area contributed by atoms with Gasteiger partial charge in [-0.25, -0.2) is 15.0 Å². The van der Waals surface area contributed by atoms with E-state index in [0.717, 1.165) is 38.5 Å². The number of hydrogen-bond acceptors (Lipinski definition) is 10. The molecule has 0 saturated carbocycles. The predicted molar refractivity (Wildman–Crippen MR) is 133 cm³/mol. The summed E-state index contributed by atoms with van der Waals surface area (Å²) in [6, 6.07) is 0. The van der Waals surface area contributed by atoms with Crippen molar-refractivity contribution in [3.8, 4) is 0 Å². The van der Waals surface area contributed by atoms with Crippen LogP contribution in [-0.2, 0) is 30.5 Å². The minimum absolute atomic E-state index is 0.0137. The van der Waals surface area contributed by atoms with Crippen molar-refractivity contribution in [2.24, 2.45) is 5.11 Å². The number of hydrogen-bond donors (Lipinski definition) is 1. The summed E-state index contributed by atoms with van der Waals surface area (Å²) in [6.07, 6.45) is 6.93. The van der Waals surface area contributed by atoms with Gasteiger partial charge in [-0.3, -0.25) is 14.2 Å². The lowest BCUT2D eigenvalue weighted by Crippen LogP contribution is -2.29. The Kier molecular flexibility index (Phi) is 13.0. The summed E-state index contributed by atoms with van der Waals surface area (Å²) in [5.74, 6) is -0.258. The maximum Gasteiger partial charge on any atom is 0.305 e. The van der Waals surface area contributed by atoms with Crippen LogP contribution >= 0.6 is 0 Å². The van der Waals surface area contributed by atoms with E-state index in [9.17, 15) is 9.59 Å². The Labute approximate surface area is 210 Å². The Morgan fingerprint density at radius 2 is 1.69 bits per heavy atom. The van der Waals surface area contributed by atoms with Crippen molar-refractivity contribution in [2.75, 3.05) is 25.1 Å². The van der Waals surface area contributed by atoms with Crippen LogP contribution in [-0.4, -0.2) is 57.3 Å². The maximum atomic E-state index is 12.1. The molecule has 0 aliphatic rings. The molecule has 198 valence electrons. The average Bonchev–Trinajstić information content (AvgIpc) is 3.27. The molecule has 0 aliphatic carbocycles. The number of rotatable bonds is 18. The van der Waals surface area contributed by atoms with Crippen molar-refractivity contribution in [1.82, 2.24) is 19.5 Å². The normalized spacial score (nSPS) is 10.9. The first kappa shape index (κ1) is 28.8. The van der Waals surface area contributed by atoms with Gasteiger partial charge in [0.25, 0.3) is 0 Å². The van der Waals surface area contributed by atoms with E-state index in [2.05, 4.69) is 44.1 Å². The number of nitrogens with zero attached hydrogens (tertiary/aromatic N) is 7. The molecular formula is C23H36N8O5. The van der Waals surface area contributed by atoms with Gasteiger partial charge in [-0.15, -0.1) is 0 Å². The van der Waals surface area contributed by atoms with E-state index in [0.29, 0.717) is 36.4 Å². The van der Waals surface area contributed by atoms with Crippen molar-refractivity contribution in [3.63, 3.8) is 0 Å². The minimum atomic E-state index is -0.681. The van der Waals surface area contributed by atoms with Gasteiger partial charge >= 0.3 is 11.9 Å². The van der Waals surface area contributed by atoms with Gasteiger partial charge in [-0.05, 0) is 30.4 Å². The van der Waals surface area contributed by atoms with Crippen LogP contribution in [0.5, 0.6) is 0 Å². The molecule has 0 aliphatic heterocycles. The number of unbranched alkanes of at least 4 members (excludes halogenated alkanes) is 4. The molecule has 0 fully saturated rings. The predicted octanol–water partition coefficient (Wildman–Crippen LogP) is 4.79. The summed E-state index contributed by atoms with van der Waals surface area (Å²) in [7, 11) is 0. The number of ether oxygens (including phenoxy) is 3. The summed E-state index contributed by atoms with van der Waals surface area (Å²) < 4.78 is 18.3. The number of nitrogens with one attached hydrogen (secondary N) is 1. The largest absolute Gasteiger partial charge is 0.463 e. The molecule has 2 aromatic heterocycles. The molecule has 0 atom stereocenters. The van der Waals surface area contributed by atoms with E-state index in [4.69, 9.17) is 19.7 Å². The highest BCUT2D eigenvalue weighted by molar-refractivity contribution is 5.84. The Bertz CT molecular complexity index is 995. The molecule has 36 heavy (non-hydrogen) atoms. The van der Waals surface area contributed by atoms with Gasteiger partial charge in [0.2, 0.25) is 5.95 Å². The van der Waals surface area contributed by atoms with E-state index < -0.39 is 6.10 Å². The number of carbonyl (C=O) groups is 2. The lowest BCUT2D eigenvalue weighted by molar-refractivity contribution is -0.157. The fourth-order valence-corrected chi connectivity index (χ4v) is 3.29. The van der Waals surface area contributed by atoms with Gasteiger partial charge in [0.1, 0.15) is 26.0 Å². The molecule has 1 N–H and O–H groups in total. The van der Waals surface area contributed by atoms with Gasteiger partial charge < -0.3 is 19.5 Å². The van der Waals surface area contributed by atoms with Crippen LogP contribution in [0.15, 0.2) is 11.4 Å². The number of esters is 2. The van der Waals surface area contributed by atoms with Crippen molar-refractivity contribution in [2.45, 2.75) is 85.0 Å². The van der Waals surface area contributed by atoms with Gasteiger partial charge in [-0.2, -0.15) is 0 Å². The molecule has 0 saturated heterocycles. The molecule has 2 heterocycles. The number of azide groups is 1. The molecule has 0 bridgehead atoms. The fraction of sp³-hybridized carbons (Fsp3) is 0.696. The lowest BCUT2D eigenvalue weighted by Gasteiger charge is -2.18. The number of carbonyl (C=O) groups excluding carboxylic acids is 2. The molecule has 2 aromatic rings. The molecule has 0 amide bonds. The third-order valence-electron chi connectivity index (χ3n) is 5.21. The average molecular weight is 505 g/mol. The second kappa shape index (κ2) is 16.3. The molecule has 0 radical (unpaired) electrons. The Morgan fingerprint density at radius 3 is 2.25 bits per heavy atom. The summed E-state index contributed by atoms with van der Waals surface area (Å²) in [5, 5.41) is 6.56. The summed E-state index contributed by atoms with van der Waals surface area (Å²) >= 11 is 0. The first-order valence-electron chi connectivity index (χ1n) is 12.5. The van der Waals surface area contributed by atoms with Gasteiger partial charge in [0, 0.05) is 24.3 Å². The van der Waals surface area contributed by atoms with Crippen molar-refractivity contribution in [1.29, 1.82) is 0 Å². The van der Waals surface area contributed by atoms with Crippen LogP contribution in [0.2, 0.25) is 0 Å². The van der Waals surface area contributed by atoms with Crippen LogP contribution in [0.3, 0.4) is 0 Å². The Hall–Kier alpha value is -3.44. The zero-order chi connectivity index (χ0) is 26.2. The van der Waals surface area contributed by atoms with E-state index in [1.807, 2.05) is 6.92 Å². The second-order valence-electron chi connectivity index (χ2n) is 8.18. The van der Waals surface area contributed by atoms with Crippen LogP contribution in [0, 0.1) is 0 Å². The Balaban J connectivity index is 2.08. The standard InChI is InChI=1S/C23H36N8O5/c1-4-7-9-11-18(32)34-13-17(14-35-19(33)12-10-8-5-2)36-16-31-15-26-20-21(25-6-3)27-23(29-30-24)28-22(20)31/h15,17H,4-14,16H2,1-3H3,(H,25,27,28). The number of aromatic nitrogens is 4. The highest BCUT2D eigenvalue weighted by Crippen LogP contribution is 2.22. The topological polar surface area (TPSA) is 166 Å². The molecule has 13 nitrogen and oxygen atoms in total. The SMILES string of the molecule is CCCCCC(=O)OCC(COC(=O)CCCCC)OCn1cnc2c(NCC)nc(N=[N+]=[N-])nc21.